The zero-order valence-corrected chi connectivity index (χ0v) is 19.2. The first-order chi connectivity index (χ1) is 15.1. The Morgan fingerprint density at radius 3 is 1.39 bits per heavy atom. The molecule has 0 aliphatic rings. The zero-order chi connectivity index (χ0) is 24.3. The topological polar surface area (TPSA) is 226 Å². The molecule has 2 amide bonds. The third-order valence-electron chi connectivity index (χ3n) is 4.27. The van der Waals surface area contributed by atoms with Gasteiger partial charge < -0.3 is 51.0 Å². The standard InChI is InChI=1S/2C9H14N4O3.Mn/c2*1-13-5-11-4-6(13)2-7(9(15)16)12-8(14)3-10;/h2*4-5,7H,2-3,10H2,1H3,(H,12,14)(H,15,16);/q;;+2/p-2/t2*7-;/m00./s1. The molecule has 0 aromatic carbocycles. The summed E-state index contributed by atoms with van der Waals surface area (Å²) < 4.78 is 3.34. The molecule has 6 N–H and O–H groups in total. The maximum atomic E-state index is 11.0. The Morgan fingerprint density at radius 2 is 1.18 bits per heavy atom. The van der Waals surface area contributed by atoms with Crippen molar-refractivity contribution in [3.05, 3.63) is 36.4 Å². The van der Waals surface area contributed by atoms with Gasteiger partial charge in [-0.2, -0.15) is 0 Å². The van der Waals surface area contributed by atoms with Gasteiger partial charge in [0.05, 0.1) is 49.8 Å². The zero-order valence-electron chi connectivity index (χ0n) is 18.1. The minimum atomic E-state index is -1.34. The fraction of sp³-hybridized carbons (Fsp3) is 0.444. The van der Waals surface area contributed by atoms with Crippen molar-refractivity contribution in [3.63, 3.8) is 0 Å². The van der Waals surface area contributed by atoms with Crippen LogP contribution >= 0.6 is 0 Å². The molecule has 2 aromatic rings. The number of hydrogen-bond acceptors (Lipinski definition) is 10. The predicted molar refractivity (Wildman–Crippen MR) is 106 cm³/mol. The molecule has 0 fully saturated rings. The van der Waals surface area contributed by atoms with Gasteiger partial charge in [-0.15, -0.1) is 0 Å². The number of aryl methyl sites for hydroxylation is 2. The Balaban J connectivity index is 0.000000602. The number of carbonyl (C=O) groups excluding carboxylic acids is 4. The van der Waals surface area contributed by atoms with Crippen LogP contribution in [-0.2, 0) is 63.2 Å². The van der Waals surface area contributed by atoms with Gasteiger partial charge in [0.1, 0.15) is 0 Å². The van der Waals surface area contributed by atoms with E-state index in [9.17, 15) is 29.4 Å². The molecule has 0 spiro atoms. The summed E-state index contributed by atoms with van der Waals surface area (Å²) in [5.74, 6) is -3.75. The number of aromatic nitrogens is 4. The van der Waals surface area contributed by atoms with Gasteiger partial charge in [-0.25, -0.2) is 9.97 Å². The average Bonchev–Trinajstić information content (AvgIpc) is 3.34. The molecule has 33 heavy (non-hydrogen) atoms. The van der Waals surface area contributed by atoms with E-state index in [2.05, 4.69) is 20.6 Å². The Bertz CT molecular complexity index is 856. The van der Waals surface area contributed by atoms with Gasteiger partial charge in [0.15, 0.2) is 0 Å². The van der Waals surface area contributed by atoms with Crippen LogP contribution in [0.5, 0.6) is 0 Å². The van der Waals surface area contributed by atoms with Crippen molar-refractivity contribution in [2.24, 2.45) is 25.6 Å². The fourth-order valence-electron chi connectivity index (χ4n) is 2.47. The number of carbonyl (C=O) groups is 4. The van der Waals surface area contributed by atoms with Gasteiger partial charge in [-0.1, -0.05) is 0 Å². The Kier molecular flexibility index (Phi) is 13.3. The predicted octanol–water partition coefficient (Wildman–Crippen LogP) is -5.69. The first-order valence-corrected chi connectivity index (χ1v) is 9.39. The van der Waals surface area contributed by atoms with E-state index in [1.54, 1.807) is 35.9 Å². The third-order valence-corrected chi connectivity index (χ3v) is 4.27. The van der Waals surface area contributed by atoms with E-state index in [0.29, 0.717) is 11.4 Å². The summed E-state index contributed by atoms with van der Waals surface area (Å²) in [6, 6.07) is -2.18. The van der Waals surface area contributed by atoms with E-state index in [-0.39, 0.29) is 43.0 Å². The van der Waals surface area contributed by atoms with Gasteiger partial charge in [-0.05, 0) is 0 Å². The minimum absolute atomic E-state index is 0. The van der Waals surface area contributed by atoms with E-state index in [0.717, 1.165) is 0 Å². The number of rotatable bonds is 10. The van der Waals surface area contributed by atoms with Crippen LogP contribution in [0.3, 0.4) is 0 Å². The molecule has 14 nitrogen and oxygen atoms in total. The molecule has 1 radical (unpaired) electrons. The van der Waals surface area contributed by atoms with E-state index in [1.807, 2.05) is 0 Å². The maximum absolute atomic E-state index is 11.0. The van der Waals surface area contributed by atoms with Crippen molar-refractivity contribution in [3.8, 4) is 0 Å². The molecule has 0 aliphatic heterocycles. The van der Waals surface area contributed by atoms with Crippen LogP contribution in [0.15, 0.2) is 25.0 Å². The molecular weight excluding hydrogens is 479 g/mol. The number of aliphatic carboxylic acids is 2. The molecule has 0 bridgehead atoms. The number of amides is 2. The summed E-state index contributed by atoms with van der Waals surface area (Å²) in [5.41, 5.74) is 11.5. The van der Waals surface area contributed by atoms with Gasteiger partial charge >= 0.3 is 17.1 Å². The maximum Gasteiger partial charge on any atom is 2.00 e. The first kappa shape index (κ1) is 29.7. The molecule has 0 saturated heterocycles. The van der Waals surface area contributed by atoms with Gasteiger partial charge in [0.2, 0.25) is 11.8 Å². The number of nitrogens with two attached hydrogens (primary N) is 2. The first-order valence-electron chi connectivity index (χ1n) is 9.39. The van der Waals surface area contributed by atoms with Crippen LogP contribution in [0.2, 0.25) is 0 Å². The fourth-order valence-corrected chi connectivity index (χ4v) is 2.47. The summed E-state index contributed by atoms with van der Waals surface area (Å²) in [4.78, 5) is 51.3. The molecule has 0 aliphatic carbocycles. The molecule has 0 saturated carbocycles. The van der Waals surface area contributed by atoms with Crippen LogP contribution in [0.1, 0.15) is 11.4 Å². The minimum Gasteiger partial charge on any atom is -0.548 e. The second-order valence-corrected chi connectivity index (χ2v) is 6.69. The monoisotopic (exact) mass is 505 g/mol. The van der Waals surface area contributed by atoms with Crippen LogP contribution in [0.25, 0.3) is 0 Å². The van der Waals surface area contributed by atoms with Gasteiger partial charge in [0.25, 0.3) is 0 Å². The SMILES string of the molecule is Cn1cncc1C[C@H](NC(=O)CN)C(=O)[O-].Cn1cncc1C[C@H](NC(=O)CN)C(=O)[O-].[Mn+2]. The molecule has 0 unspecified atom stereocenters. The van der Waals surface area contributed by atoms with Crippen molar-refractivity contribution in [1.82, 2.24) is 29.7 Å². The molecule has 2 rings (SSSR count). The summed E-state index contributed by atoms with van der Waals surface area (Å²) in [7, 11) is 3.47. The molecule has 15 heteroatoms. The molecule has 181 valence electrons. The Labute approximate surface area is 200 Å². The number of carboxylic acid groups (broad SMARTS) is 2. The summed E-state index contributed by atoms with van der Waals surface area (Å²) in [5, 5.41) is 26.1. The van der Waals surface area contributed by atoms with Crippen LogP contribution in [0.4, 0.5) is 0 Å². The van der Waals surface area contributed by atoms with Crippen LogP contribution < -0.4 is 32.3 Å². The van der Waals surface area contributed by atoms with E-state index >= 15 is 0 Å². The van der Waals surface area contributed by atoms with E-state index < -0.39 is 35.8 Å². The van der Waals surface area contributed by atoms with Crippen molar-refractivity contribution < 1.29 is 46.5 Å². The normalized spacial score (nSPS) is 11.8. The van der Waals surface area contributed by atoms with Gasteiger partial charge in [0, 0.05) is 50.7 Å². The molecular formula is C18H26MnN8O6. The Hall–Kier alpha value is -3.26. The number of hydrogen-bond donors (Lipinski definition) is 4. The van der Waals surface area contributed by atoms with Gasteiger partial charge in [-0.3, -0.25) is 9.59 Å². The van der Waals surface area contributed by atoms with Crippen molar-refractivity contribution in [2.75, 3.05) is 13.1 Å². The molecule has 2 aromatic heterocycles. The second-order valence-electron chi connectivity index (χ2n) is 6.69. The summed E-state index contributed by atoms with van der Waals surface area (Å²) >= 11 is 0. The quantitative estimate of drug-likeness (QED) is 0.224. The van der Waals surface area contributed by atoms with Crippen molar-refractivity contribution >= 4 is 23.8 Å². The van der Waals surface area contributed by atoms with E-state index in [1.165, 1.54) is 12.4 Å². The van der Waals surface area contributed by atoms with Crippen LogP contribution in [0, 0.1) is 0 Å². The number of nitrogens with one attached hydrogen (secondary N) is 2. The molecule has 2 heterocycles. The molecule has 2 atom stereocenters. The second kappa shape index (κ2) is 14.7. The van der Waals surface area contributed by atoms with Crippen molar-refractivity contribution in [2.45, 2.75) is 24.9 Å². The van der Waals surface area contributed by atoms with Crippen molar-refractivity contribution in [1.29, 1.82) is 0 Å². The summed E-state index contributed by atoms with van der Waals surface area (Å²) in [6.45, 7) is -0.510. The average molecular weight is 505 g/mol. The number of nitrogens with zero attached hydrogens (tertiary/aromatic N) is 4. The Morgan fingerprint density at radius 1 is 0.848 bits per heavy atom. The number of imidazole rings is 2. The third kappa shape index (κ3) is 10.3. The largest absolute Gasteiger partial charge is 2.00 e. The number of carboxylic acids is 2. The summed E-state index contributed by atoms with van der Waals surface area (Å²) in [6.07, 6.45) is 6.39. The van der Waals surface area contributed by atoms with Crippen LogP contribution in [-0.4, -0.2) is 68.0 Å². The van der Waals surface area contributed by atoms with E-state index in [4.69, 9.17) is 11.5 Å². The smallest absolute Gasteiger partial charge is 0.548 e.